The van der Waals surface area contributed by atoms with Crippen LogP contribution in [0.5, 0.6) is 0 Å². The van der Waals surface area contributed by atoms with E-state index in [1.54, 1.807) is 0 Å². The molecule has 0 aromatic carbocycles. The normalized spacial score (nSPS) is 8.29. The maximum atomic E-state index is 10.3. The molecule has 0 unspecified atom stereocenters. The molecule has 0 radical (unpaired) electrons. The van der Waals surface area contributed by atoms with E-state index in [1.165, 1.54) is 0 Å². The van der Waals surface area contributed by atoms with Crippen LogP contribution < -0.4 is 0 Å². The van der Waals surface area contributed by atoms with Gasteiger partial charge in [-0.1, -0.05) is 0 Å². The van der Waals surface area contributed by atoms with E-state index >= 15 is 0 Å². The Bertz CT molecular complexity index is 235. The molecular formula is C6H16CaO10. The first-order valence-corrected chi connectivity index (χ1v) is 3.17. The fourth-order valence-corrected chi connectivity index (χ4v) is 0.714. The van der Waals surface area contributed by atoms with Crippen LogP contribution in [0.3, 0.4) is 0 Å². The van der Waals surface area contributed by atoms with Crippen LogP contribution in [0, 0.1) is 0 Å². The van der Waals surface area contributed by atoms with E-state index in [1.807, 2.05) is 0 Å². The van der Waals surface area contributed by atoms with E-state index in [2.05, 4.69) is 0 Å². The Morgan fingerprint density at radius 2 is 1.06 bits per heavy atom. The van der Waals surface area contributed by atoms with Crippen molar-refractivity contribution in [3.63, 3.8) is 0 Å². The van der Waals surface area contributed by atoms with E-state index in [0.717, 1.165) is 0 Å². The zero-order valence-electron chi connectivity index (χ0n) is 7.93. The average Bonchev–Trinajstić information content (AvgIpc) is 1.82. The minimum atomic E-state index is -2.74. The molecule has 0 aromatic heterocycles. The molecule has 17 heavy (non-hydrogen) atoms. The molecule has 0 saturated heterocycles. The second kappa shape index (κ2) is 12.0. The van der Waals surface area contributed by atoms with Gasteiger partial charge in [0.1, 0.15) is 0 Å². The molecule has 0 atom stereocenters. The molecule has 0 aliphatic rings. The van der Waals surface area contributed by atoms with Crippen molar-refractivity contribution in [1.82, 2.24) is 0 Å². The summed E-state index contributed by atoms with van der Waals surface area (Å²) in [6.45, 7) is 0. The van der Waals surface area contributed by atoms with Gasteiger partial charge in [0.15, 0.2) is 5.60 Å². The number of carbonyl (C=O) groups is 3. The molecule has 0 saturated carbocycles. The van der Waals surface area contributed by atoms with Crippen LogP contribution in [0.15, 0.2) is 0 Å². The van der Waals surface area contributed by atoms with Gasteiger partial charge in [0.25, 0.3) is 0 Å². The van der Waals surface area contributed by atoms with Crippen molar-refractivity contribution in [2.75, 3.05) is 0 Å². The van der Waals surface area contributed by atoms with Gasteiger partial charge in [-0.2, -0.15) is 0 Å². The van der Waals surface area contributed by atoms with Gasteiger partial charge in [-0.3, -0.25) is 9.59 Å². The minimum absolute atomic E-state index is 0. The summed E-state index contributed by atoms with van der Waals surface area (Å²) in [6, 6.07) is 0. The van der Waals surface area contributed by atoms with Crippen molar-refractivity contribution in [2.24, 2.45) is 0 Å². The predicted molar refractivity (Wildman–Crippen MR) is 56.5 cm³/mol. The third-order valence-corrected chi connectivity index (χ3v) is 1.29. The Morgan fingerprint density at radius 1 is 0.824 bits per heavy atom. The van der Waals surface area contributed by atoms with E-state index in [-0.39, 0.29) is 54.2 Å². The zero-order valence-corrected chi connectivity index (χ0v) is 7.93. The Labute approximate surface area is 125 Å². The summed E-state index contributed by atoms with van der Waals surface area (Å²) in [6.07, 6.45) is -2.29. The number of carboxylic acid groups (broad SMARTS) is 3. The van der Waals surface area contributed by atoms with Crippen LogP contribution in [0.4, 0.5) is 0 Å². The third kappa shape index (κ3) is 11.8. The molecule has 0 aliphatic heterocycles. The molecule has 0 rings (SSSR count). The SMILES string of the molecule is O.O.O.O=C(O)CC(O)(CC(=O)O)C(=O)O.[CaH2]. The topological polar surface area (TPSA) is 227 Å². The second-order valence-corrected chi connectivity index (χ2v) is 2.48. The van der Waals surface area contributed by atoms with Crippen LogP contribution >= 0.6 is 0 Å². The molecule has 0 spiro atoms. The summed E-state index contributed by atoms with van der Waals surface area (Å²) in [5.41, 5.74) is -2.74. The third-order valence-electron chi connectivity index (χ3n) is 1.29. The molecule has 11 heteroatoms. The van der Waals surface area contributed by atoms with Crippen molar-refractivity contribution < 1.29 is 51.2 Å². The maximum absolute atomic E-state index is 10.3. The summed E-state index contributed by atoms with van der Waals surface area (Å²) in [5.74, 6) is -5.02. The fourth-order valence-electron chi connectivity index (χ4n) is 0.714. The second-order valence-electron chi connectivity index (χ2n) is 2.48. The van der Waals surface area contributed by atoms with E-state index in [4.69, 9.17) is 20.4 Å². The molecule has 10 nitrogen and oxygen atoms in total. The molecule has 0 amide bonds. The van der Waals surface area contributed by atoms with Gasteiger partial charge >= 0.3 is 55.6 Å². The summed E-state index contributed by atoms with van der Waals surface area (Å²) in [7, 11) is 0. The van der Waals surface area contributed by atoms with Crippen LogP contribution in [0.2, 0.25) is 0 Å². The molecule has 0 fully saturated rings. The number of aliphatic carboxylic acids is 3. The van der Waals surface area contributed by atoms with Gasteiger partial charge < -0.3 is 36.9 Å². The molecule has 0 aromatic rings. The first kappa shape index (κ1) is 30.0. The van der Waals surface area contributed by atoms with E-state index in [9.17, 15) is 14.4 Å². The number of hydrogen-bond donors (Lipinski definition) is 4. The summed E-state index contributed by atoms with van der Waals surface area (Å²) < 4.78 is 0. The van der Waals surface area contributed by atoms with Crippen LogP contribution in [0.25, 0.3) is 0 Å². The van der Waals surface area contributed by atoms with E-state index < -0.39 is 36.4 Å². The molecular weight excluding hydrogens is 272 g/mol. The van der Waals surface area contributed by atoms with Crippen molar-refractivity contribution >= 4 is 55.6 Å². The number of carboxylic acids is 3. The van der Waals surface area contributed by atoms with Crippen LogP contribution in [0.1, 0.15) is 12.8 Å². The first-order valence-electron chi connectivity index (χ1n) is 3.17. The van der Waals surface area contributed by atoms with Crippen molar-refractivity contribution in [3.05, 3.63) is 0 Å². The van der Waals surface area contributed by atoms with Crippen molar-refractivity contribution in [3.8, 4) is 0 Å². The average molecular weight is 288 g/mol. The van der Waals surface area contributed by atoms with Crippen LogP contribution in [-0.2, 0) is 14.4 Å². The van der Waals surface area contributed by atoms with Crippen molar-refractivity contribution in [1.29, 1.82) is 0 Å². The van der Waals surface area contributed by atoms with Crippen LogP contribution in [-0.4, -0.2) is 98.1 Å². The molecule has 10 N–H and O–H groups in total. The summed E-state index contributed by atoms with van der Waals surface area (Å²) in [4.78, 5) is 30.5. The Morgan fingerprint density at radius 3 is 1.18 bits per heavy atom. The number of aliphatic hydroxyl groups is 1. The Balaban J connectivity index is -0.000000120. The van der Waals surface area contributed by atoms with Gasteiger partial charge in [0.2, 0.25) is 0 Å². The molecule has 0 aliphatic carbocycles. The summed E-state index contributed by atoms with van der Waals surface area (Å²) >= 11 is 0. The van der Waals surface area contributed by atoms with Gasteiger partial charge in [-0.25, -0.2) is 4.79 Å². The molecule has 0 heterocycles. The quantitative estimate of drug-likeness (QED) is 0.361. The standard InChI is InChI=1S/C6H8O7.Ca.3H2O.2H/c7-3(8)1-6(13,5(11)12)2-4(9)10;;;;;;/h13H,1-2H2,(H,7,8)(H,9,10)(H,11,12);;3*1H2;;. The van der Waals surface area contributed by atoms with Gasteiger partial charge in [0, 0.05) is 0 Å². The van der Waals surface area contributed by atoms with E-state index in [0.29, 0.717) is 0 Å². The van der Waals surface area contributed by atoms with Crippen molar-refractivity contribution in [2.45, 2.75) is 18.4 Å². The molecule has 0 bridgehead atoms. The Hall–Kier alpha value is -0.490. The summed E-state index contributed by atoms with van der Waals surface area (Å²) in [5, 5.41) is 33.8. The predicted octanol–water partition coefficient (Wildman–Crippen LogP) is -4.64. The zero-order chi connectivity index (χ0) is 10.6. The van der Waals surface area contributed by atoms with Gasteiger partial charge in [0.05, 0.1) is 12.8 Å². The Kier molecular flexibility index (Phi) is 21.1. The first-order chi connectivity index (χ1) is 5.78. The molecule has 102 valence electrons. The van der Waals surface area contributed by atoms with Gasteiger partial charge in [-0.15, -0.1) is 0 Å². The monoisotopic (exact) mass is 288 g/mol. The number of rotatable bonds is 5. The fraction of sp³-hybridized carbons (Fsp3) is 0.500. The number of hydrogen-bond acceptors (Lipinski definition) is 4. The van der Waals surface area contributed by atoms with Gasteiger partial charge in [-0.05, 0) is 0 Å².